The monoisotopic (exact) mass is 317 g/mol. The first-order chi connectivity index (χ1) is 10.6. The van der Waals surface area contributed by atoms with Crippen molar-refractivity contribution >= 4 is 34.8 Å². The molecule has 3 N–H and O–H groups in total. The van der Waals surface area contributed by atoms with Crippen molar-refractivity contribution in [2.24, 2.45) is 5.73 Å². The lowest BCUT2D eigenvalue weighted by atomic mass is 10.2. The molecule has 5 nitrogen and oxygen atoms in total. The van der Waals surface area contributed by atoms with Crippen molar-refractivity contribution in [3.05, 3.63) is 59.6 Å². The summed E-state index contributed by atoms with van der Waals surface area (Å²) in [6.45, 7) is -0.272. The molecule has 0 bridgehead atoms. The van der Waals surface area contributed by atoms with Crippen LogP contribution in [0.4, 0.5) is 11.4 Å². The molecule has 0 saturated carbocycles. The van der Waals surface area contributed by atoms with Gasteiger partial charge in [-0.1, -0.05) is 29.8 Å². The summed E-state index contributed by atoms with van der Waals surface area (Å²) in [5, 5.41) is 3.30. The predicted molar refractivity (Wildman–Crippen MR) is 87.9 cm³/mol. The summed E-state index contributed by atoms with van der Waals surface area (Å²) in [6.07, 6.45) is 0. The minimum absolute atomic E-state index is 0.108. The van der Waals surface area contributed by atoms with E-state index in [0.29, 0.717) is 16.4 Å². The Kier molecular flexibility index (Phi) is 5.52. The number of carbonyl (C=O) groups is 2. The molecule has 0 fully saturated rings. The average molecular weight is 318 g/mol. The van der Waals surface area contributed by atoms with Gasteiger partial charge in [-0.05, 0) is 36.4 Å². The maximum atomic E-state index is 12.1. The number of nitrogens with zero attached hydrogens (tertiary/aromatic N) is 1. The van der Waals surface area contributed by atoms with Crippen LogP contribution in [0.25, 0.3) is 0 Å². The molecule has 0 heterocycles. The zero-order valence-electron chi connectivity index (χ0n) is 11.8. The molecular weight excluding hydrogens is 302 g/mol. The van der Waals surface area contributed by atoms with Crippen molar-refractivity contribution in [3.8, 4) is 0 Å². The largest absolute Gasteiger partial charge is 0.325 e. The summed E-state index contributed by atoms with van der Waals surface area (Å²) in [7, 11) is 0. The molecule has 2 aromatic carbocycles. The third kappa shape index (κ3) is 4.31. The van der Waals surface area contributed by atoms with Crippen LogP contribution in [-0.2, 0) is 9.59 Å². The van der Waals surface area contributed by atoms with Crippen molar-refractivity contribution in [2.45, 2.75) is 0 Å². The lowest BCUT2D eigenvalue weighted by molar-refractivity contribution is -0.120. The van der Waals surface area contributed by atoms with Crippen LogP contribution < -0.4 is 16.0 Å². The van der Waals surface area contributed by atoms with Gasteiger partial charge in [-0.3, -0.25) is 9.59 Å². The van der Waals surface area contributed by atoms with Crippen molar-refractivity contribution in [1.82, 2.24) is 0 Å². The van der Waals surface area contributed by atoms with Crippen LogP contribution in [0, 0.1) is 0 Å². The smallest absolute Gasteiger partial charge is 0.244 e. The zero-order chi connectivity index (χ0) is 15.9. The zero-order valence-corrected chi connectivity index (χ0v) is 12.6. The molecule has 2 amide bonds. The number of carbonyl (C=O) groups excluding carboxylic acids is 2. The fourth-order valence-corrected chi connectivity index (χ4v) is 2.04. The van der Waals surface area contributed by atoms with E-state index < -0.39 is 0 Å². The second-order valence-corrected chi connectivity index (χ2v) is 5.01. The first kappa shape index (κ1) is 16.0. The van der Waals surface area contributed by atoms with Gasteiger partial charge in [0.1, 0.15) is 6.54 Å². The Morgan fingerprint density at radius 3 is 2.27 bits per heavy atom. The molecule has 6 heteroatoms. The minimum atomic E-state index is -0.322. The Morgan fingerprint density at radius 2 is 1.68 bits per heavy atom. The van der Waals surface area contributed by atoms with Gasteiger partial charge < -0.3 is 16.0 Å². The summed E-state index contributed by atoms with van der Waals surface area (Å²) in [6, 6.07) is 15.7. The van der Waals surface area contributed by atoms with Crippen molar-refractivity contribution in [3.63, 3.8) is 0 Å². The highest BCUT2D eigenvalue weighted by Crippen LogP contribution is 2.15. The number of anilines is 2. The Morgan fingerprint density at radius 1 is 1.05 bits per heavy atom. The number of benzene rings is 2. The molecule has 0 aliphatic heterocycles. The van der Waals surface area contributed by atoms with Gasteiger partial charge in [0.15, 0.2) is 0 Å². The molecule has 0 radical (unpaired) electrons. The second kappa shape index (κ2) is 7.59. The number of hydrogen-bond donors (Lipinski definition) is 2. The van der Waals surface area contributed by atoms with Gasteiger partial charge in [0.25, 0.3) is 0 Å². The van der Waals surface area contributed by atoms with E-state index in [2.05, 4.69) is 5.32 Å². The quantitative estimate of drug-likeness (QED) is 0.888. The standard InChI is InChI=1S/C16H16ClN3O2/c17-12-6-8-13(9-7-12)19-15(21)11-20(16(22)10-18)14-4-2-1-3-5-14/h1-9H,10-11,18H2,(H,19,21). The van der Waals surface area contributed by atoms with E-state index in [-0.39, 0.29) is 24.9 Å². The third-order valence-electron chi connectivity index (χ3n) is 2.97. The number of halogens is 1. The average Bonchev–Trinajstić information content (AvgIpc) is 2.55. The van der Waals surface area contributed by atoms with Crippen molar-refractivity contribution in [2.75, 3.05) is 23.3 Å². The lowest BCUT2D eigenvalue weighted by Crippen LogP contribution is -2.41. The van der Waals surface area contributed by atoms with Crippen LogP contribution in [0.15, 0.2) is 54.6 Å². The molecule has 114 valence electrons. The Hall–Kier alpha value is -2.37. The highest BCUT2D eigenvalue weighted by molar-refractivity contribution is 6.30. The second-order valence-electron chi connectivity index (χ2n) is 4.57. The Labute approximate surface area is 133 Å². The Balaban J connectivity index is 2.08. The highest BCUT2D eigenvalue weighted by atomic mass is 35.5. The van der Waals surface area contributed by atoms with Crippen LogP contribution in [-0.4, -0.2) is 24.9 Å². The van der Waals surface area contributed by atoms with Gasteiger partial charge in [-0.15, -0.1) is 0 Å². The molecule has 0 spiro atoms. The van der Waals surface area contributed by atoms with E-state index in [1.165, 1.54) is 4.90 Å². The molecule has 2 aromatic rings. The van der Waals surface area contributed by atoms with Crippen molar-refractivity contribution < 1.29 is 9.59 Å². The highest BCUT2D eigenvalue weighted by Gasteiger charge is 2.17. The third-order valence-corrected chi connectivity index (χ3v) is 3.23. The van der Waals surface area contributed by atoms with Gasteiger partial charge in [0, 0.05) is 16.4 Å². The first-order valence-electron chi connectivity index (χ1n) is 6.71. The number of amides is 2. The van der Waals surface area contributed by atoms with E-state index in [1.54, 1.807) is 48.5 Å². The molecule has 0 unspecified atom stereocenters. The van der Waals surface area contributed by atoms with Gasteiger partial charge in [0.2, 0.25) is 11.8 Å². The van der Waals surface area contributed by atoms with Crippen LogP contribution >= 0.6 is 11.6 Å². The van der Waals surface area contributed by atoms with Crippen molar-refractivity contribution in [1.29, 1.82) is 0 Å². The normalized spacial score (nSPS) is 10.1. The summed E-state index contributed by atoms with van der Waals surface area (Å²) >= 11 is 5.79. The molecule has 22 heavy (non-hydrogen) atoms. The fraction of sp³-hybridized carbons (Fsp3) is 0.125. The number of nitrogens with two attached hydrogens (primary N) is 1. The first-order valence-corrected chi connectivity index (χ1v) is 7.09. The van der Waals surface area contributed by atoms with Gasteiger partial charge in [-0.2, -0.15) is 0 Å². The van der Waals surface area contributed by atoms with E-state index >= 15 is 0 Å². The van der Waals surface area contributed by atoms with Crippen LogP contribution in [0.3, 0.4) is 0 Å². The van der Waals surface area contributed by atoms with E-state index in [9.17, 15) is 9.59 Å². The molecule has 0 saturated heterocycles. The van der Waals surface area contributed by atoms with Crippen LogP contribution in [0.1, 0.15) is 0 Å². The van der Waals surface area contributed by atoms with E-state index in [1.807, 2.05) is 6.07 Å². The van der Waals surface area contributed by atoms with Gasteiger partial charge in [-0.25, -0.2) is 0 Å². The topological polar surface area (TPSA) is 75.4 Å². The van der Waals surface area contributed by atoms with Gasteiger partial charge in [0.05, 0.1) is 6.54 Å². The lowest BCUT2D eigenvalue weighted by Gasteiger charge is -2.21. The minimum Gasteiger partial charge on any atom is -0.325 e. The Bertz CT molecular complexity index is 644. The predicted octanol–water partition coefficient (Wildman–Crippen LogP) is 2.27. The summed E-state index contributed by atoms with van der Waals surface area (Å²) in [5.41, 5.74) is 6.66. The van der Waals surface area contributed by atoms with E-state index in [0.717, 1.165) is 0 Å². The van der Waals surface area contributed by atoms with Crippen LogP contribution in [0.2, 0.25) is 5.02 Å². The maximum Gasteiger partial charge on any atom is 0.244 e. The SMILES string of the molecule is NCC(=O)N(CC(=O)Nc1ccc(Cl)cc1)c1ccccc1. The molecule has 0 aromatic heterocycles. The molecule has 0 aliphatic carbocycles. The summed E-state index contributed by atoms with van der Waals surface area (Å²) in [5.74, 6) is -0.634. The molecular formula is C16H16ClN3O2. The summed E-state index contributed by atoms with van der Waals surface area (Å²) in [4.78, 5) is 25.4. The molecule has 0 aliphatic rings. The molecule has 0 atom stereocenters. The van der Waals surface area contributed by atoms with Crippen LogP contribution in [0.5, 0.6) is 0 Å². The number of para-hydroxylation sites is 1. The number of hydrogen-bond acceptors (Lipinski definition) is 3. The number of rotatable bonds is 5. The maximum absolute atomic E-state index is 12.1. The molecule has 2 rings (SSSR count). The van der Waals surface area contributed by atoms with E-state index in [4.69, 9.17) is 17.3 Å². The summed E-state index contributed by atoms with van der Waals surface area (Å²) < 4.78 is 0. The van der Waals surface area contributed by atoms with Gasteiger partial charge >= 0.3 is 0 Å². The fourth-order valence-electron chi connectivity index (χ4n) is 1.92. The number of nitrogens with one attached hydrogen (secondary N) is 1.